The fourth-order valence-corrected chi connectivity index (χ4v) is 3.93. The smallest absolute Gasteiger partial charge is 0.319 e. The fourth-order valence-electron chi connectivity index (χ4n) is 3.81. The van der Waals surface area contributed by atoms with Gasteiger partial charge in [0.25, 0.3) is 0 Å². The number of pyridine rings is 1. The summed E-state index contributed by atoms with van der Waals surface area (Å²) in [5.74, 6) is 0.591. The van der Waals surface area contributed by atoms with Crippen LogP contribution in [0.1, 0.15) is 31.9 Å². The molecule has 32 heavy (non-hydrogen) atoms. The van der Waals surface area contributed by atoms with Gasteiger partial charge in [0.15, 0.2) is 0 Å². The van der Waals surface area contributed by atoms with Crippen molar-refractivity contribution in [1.29, 1.82) is 0 Å². The number of benzene rings is 1. The zero-order valence-corrected chi connectivity index (χ0v) is 19.4. The molecular formula is C23H30ClN5O3. The second-order valence-electron chi connectivity index (χ2n) is 8.19. The minimum absolute atomic E-state index is 0.00618. The van der Waals surface area contributed by atoms with Crippen LogP contribution in [0, 0.1) is 0 Å². The second kappa shape index (κ2) is 11.2. The molecule has 1 fully saturated rings. The van der Waals surface area contributed by atoms with E-state index in [9.17, 15) is 9.59 Å². The number of anilines is 1. The molecule has 1 aromatic carbocycles. The van der Waals surface area contributed by atoms with Crippen LogP contribution in [0.15, 0.2) is 42.6 Å². The van der Waals surface area contributed by atoms with Crippen LogP contribution in [0.3, 0.4) is 0 Å². The first-order valence-electron chi connectivity index (χ1n) is 10.7. The third kappa shape index (κ3) is 6.83. The first kappa shape index (κ1) is 23.8. The number of hydrogen-bond donors (Lipinski definition) is 3. The maximum absolute atomic E-state index is 12.7. The van der Waals surface area contributed by atoms with E-state index >= 15 is 0 Å². The van der Waals surface area contributed by atoms with Crippen LogP contribution in [-0.4, -0.2) is 60.6 Å². The predicted molar refractivity (Wildman–Crippen MR) is 125 cm³/mol. The van der Waals surface area contributed by atoms with Crippen LogP contribution in [0.4, 0.5) is 10.5 Å². The molecule has 0 radical (unpaired) electrons. The highest BCUT2D eigenvalue weighted by Crippen LogP contribution is 2.27. The van der Waals surface area contributed by atoms with Crippen LogP contribution < -0.4 is 20.7 Å². The largest absolute Gasteiger partial charge is 0.495 e. The van der Waals surface area contributed by atoms with Crippen molar-refractivity contribution < 1.29 is 14.3 Å². The number of carbonyl (C=O) groups excluding carboxylic acids is 2. The number of nitrogens with one attached hydrogen (secondary N) is 3. The van der Waals surface area contributed by atoms with Crippen molar-refractivity contribution >= 4 is 29.2 Å². The van der Waals surface area contributed by atoms with Crippen molar-refractivity contribution in [3.05, 3.63) is 53.3 Å². The molecule has 1 aliphatic rings. The molecule has 1 aromatic heterocycles. The van der Waals surface area contributed by atoms with Crippen LogP contribution in [0.5, 0.6) is 5.75 Å². The quantitative estimate of drug-likeness (QED) is 0.590. The molecule has 3 N–H and O–H groups in total. The van der Waals surface area contributed by atoms with Gasteiger partial charge in [-0.2, -0.15) is 0 Å². The SMILES string of the molecule is COc1ccc([C@@H]2CN(CC(=O)NC(C)C)CC[C@H]2NC(=O)Nc2ccc(Cl)cc2)nc1. The monoisotopic (exact) mass is 459 g/mol. The van der Waals surface area contributed by atoms with E-state index in [4.69, 9.17) is 16.3 Å². The number of ether oxygens (including phenoxy) is 1. The summed E-state index contributed by atoms with van der Waals surface area (Å²) in [6.07, 6.45) is 2.37. The average Bonchev–Trinajstić information content (AvgIpc) is 2.76. The molecule has 2 atom stereocenters. The van der Waals surface area contributed by atoms with Crippen LogP contribution in [0.2, 0.25) is 5.02 Å². The zero-order valence-electron chi connectivity index (χ0n) is 18.6. The Morgan fingerprint density at radius 2 is 1.97 bits per heavy atom. The lowest BCUT2D eigenvalue weighted by Gasteiger charge is -2.38. The highest BCUT2D eigenvalue weighted by Gasteiger charge is 2.33. The topological polar surface area (TPSA) is 95.6 Å². The Bertz CT molecular complexity index is 905. The third-order valence-corrected chi connectivity index (χ3v) is 5.56. The van der Waals surface area contributed by atoms with Crippen LogP contribution in [-0.2, 0) is 4.79 Å². The molecule has 8 nitrogen and oxygen atoms in total. The molecule has 3 rings (SSSR count). The first-order chi connectivity index (χ1) is 15.3. The summed E-state index contributed by atoms with van der Waals surface area (Å²) in [7, 11) is 1.60. The fraction of sp³-hybridized carbons (Fsp3) is 0.435. The Kier molecular flexibility index (Phi) is 8.30. The highest BCUT2D eigenvalue weighted by molar-refractivity contribution is 6.30. The van der Waals surface area contributed by atoms with Crippen molar-refractivity contribution in [3.63, 3.8) is 0 Å². The van der Waals surface area contributed by atoms with Gasteiger partial charge in [0.05, 0.1) is 19.9 Å². The number of likely N-dealkylation sites (tertiary alicyclic amines) is 1. The molecule has 0 unspecified atom stereocenters. The number of nitrogens with zero attached hydrogens (tertiary/aromatic N) is 2. The molecule has 3 amide bonds. The molecule has 0 aliphatic carbocycles. The van der Waals surface area contributed by atoms with E-state index in [1.165, 1.54) is 0 Å². The van der Waals surface area contributed by atoms with Crippen molar-refractivity contribution in [2.24, 2.45) is 0 Å². The van der Waals surface area contributed by atoms with Crippen molar-refractivity contribution in [1.82, 2.24) is 20.5 Å². The van der Waals surface area contributed by atoms with Gasteiger partial charge in [0.2, 0.25) is 5.91 Å². The van der Waals surface area contributed by atoms with Gasteiger partial charge in [-0.3, -0.25) is 14.7 Å². The van der Waals surface area contributed by atoms with Gasteiger partial charge in [-0.15, -0.1) is 0 Å². The molecule has 2 heterocycles. The number of aromatic nitrogens is 1. The summed E-state index contributed by atoms with van der Waals surface area (Å²) < 4.78 is 5.22. The number of carbonyl (C=O) groups is 2. The number of amides is 3. The van der Waals surface area contributed by atoms with Gasteiger partial charge in [-0.1, -0.05) is 11.6 Å². The lowest BCUT2D eigenvalue weighted by atomic mass is 9.88. The average molecular weight is 460 g/mol. The highest BCUT2D eigenvalue weighted by atomic mass is 35.5. The van der Waals surface area contributed by atoms with E-state index in [0.29, 0.717) is 42.5 Å². The number of rotatable bonds is 7. The number of halogens is 1. The Balaban J connectivity index is 1.70. The zero-order chi connectivity index (χ0) is 23.1. The van der Waals surface area contributed by atoms with Gasteiger partial charge in [0, 0.05) is 47.5 Å². The third-order valence-electron chi connectivity index (χ3n) is 5.31. The number of piperidine rings is 1. The Labute approximate surface area is 193 Å². The molecule has 0 bridgehead atoms. The predicted octanol–water partition coefficient (Wildman–Crippen LogP) is 3.25. The van der Waals surface area contributed by atoms with Crippen molar-refractivity contribution in [2.45, 2.75) is 38.3 Å². The summed E-state index contributed by atoms with van der Waals surface area (Å²) in [6.45, 7) is 5.50. The lowest BCUT2D eigenvalue weighted by Crippen LogP contribution is -2.52. The molecule has 9 heteroatoms. The van der Waals surface area contributed by atoms with Crippen molar-refractivity contribution in [3.8, 4) is 5.75 Å². The van der Waals surface area contributed by atoms with E-state index < -0.39 is 0 Å². The van der Waals surface area contributed by atoms with E-state index in [2.05, 4.69) is 25.8 Å². The van der Waals surface area contributed by atoms with Crippen molar-refractivity contribution in [2.75, 3.05) is 32.1 Å². The van der Waals surface area contributed by atoms with E-state index in [1.807, 2.05) is 26.0 Å². The molecule has 172 valence electrons. The number of methoxy groups -OCH3 is 1. The van der Waals surface area contributed by atoms with E-state index in [0.717, 1.165) is 5.69 Å². The van der Waals surface area contributed by atoms with Gasteiger partial charge in [-0.05, 0) is 56.7 Å². The van der Waals surface area contributed by atoms with Gasteiger partial charge in [0.1, 0.15) is 5.75 Å². The second-order valence-corrected chi connectivity index (χ2v) is 8.62. The maximum Gasteiger partial charge on any atom is 0.319 e. The number of urea groups is 1. The van der Waals surface area contributed by atoms with Crippen LogP contribution in [0.25, 0.3) is 0 Å². The normalized spacial score (nSPS) is 18.8. The molecule has 0 spiro atoms. The Hall–Kier alpha value is -2.84. The lowest BCUT2D eigenvalue weighted by molar-refractivity contribution is -0.123. The van der Waals surface area contributed by atoms with Gasteiger partial charge in [-0.25, -0.2) is 4.79 Å². The van der Waals surface area contributed by atoms with E-state index in [-0.39, 0.29) is 29.9 Å². The number of hydrogen-bond acceptors (Lipinski definition) is 5. The summed E-state index contributed by atoms with van der Waals surface area (Å²) in [4.78, 5) is 31.6. The van der Waals surface area contributed by atoms with Crippen LogP contribution >= 0.6 is 11.6 Å². The van der Waals surface area contributed by atoms with E-state index in [1.54, 1.807) is 37.6 Å². The molecule has 2 aromatic rings. The molecule has 1 saturated heterocycles. The Morgan fingerprint density at radius 1 is 1.22 bits per heavy atom. The minimum atomic E-state index is -0.290. The first-order valence-corrected chi connectivity index (χ1v) is 11.1. The summed E-state index contributed by atoms with van der Waals surface area (Å²) in [6, 6.07) is 10.4. The molecule has 0 saturated carbocycles. The standard InChI is InChI=1S/C23H30ClN5O3/c1-15(2)26-22(30)14-29-11-10-21(19(13-29)20-9-8-18(32-3)12-25-20)28-23(31)27-17-6-4-16(24)5-7-17/h4-9,12,15,19,21H,10-11,13-14H2,1-3H3,(H,26,30)(H2,27,28,31)/t19-,21+/m0/s1. The molecular weight excluding hydrogens is 430 g/mol. The van der Waals surface area contributed by atoms with Gasteiger partial charge < -0.3 is 20.7 Å². The minimum Gasteiger partial charge on any atom is -0.495 e. The summed E-state index contributed by atoms with van der Waals surface area (Å²) in [5.41, 5.74) is 1.50. The maximum atomic E-state index is 12.7. The Morgan fingerprint density at radius 3 is 2.59 bits per heavy atom. The van der Waals surface area contributed by atoms with Gasteiger partial charge >= 0.3 is 6.03 Å². The summed E-state index contributed by atoms with van der Waals surface area (Å²) in [5, 5.41) is 9.47. The summed E-state index contributed by atoms with van der Waals surface area (Å²) >= 11 is 5.91. The molecule has 1 aliphatic heterocycles.